The van der Waals surface area contributed by atoms with Crippen LogP contribution in [0.25, 0.3) is 0 Å². The summed E-state index contributed by atoms with van der Waals surface area (Å²) in [5, 5.41) is 3.89. The summed E-state index contributed by atoms with van der Waals surface area (Å²) in [5.74, 6) is 3.27. The molecule has 5 aliphatic rings. The molecular formula is C19H31NO. The van der Waals surface area contributed by atoms with Gasteiger partial charge in [0.15, 0.2) is 0 Å². The highest BCUT2D eigenvalue weighted by Crippen LogP contribution is 2.66. The zero-order chi connectivity index (χ0) is 14.5. The molecule has 0 aromatic rings. The van der Waals surface area contributed by atoms with Gasteiger partial charge in [-0.15, -0.1) is 0 Å². The van der Waals surface area contributed by atoms with Gasteiger partial charge in [-0.2, -0.15) is 0 Å². The van der Waals surface area contributed by atoms with Crippen molar-refractivity contribution in [3.05, 3.63) is 11.8 Å². The lowest BCUT2D eigenvalue weighted by Crippen LogP contribution is -2.59. The van der Waals surface area contributed by atoms with Crippen molar-refractivity contribution in [2.24, 2.45) is 22.7 Å². The van der Waals surface area contributed by atoms with Gasteiger partial charge in [-0.25, -0.2) is 0 Å². The summed E-state index contributed by atoms with van der Waals surface area (Å²) in [6.07, 6.45) is 13.5. The third kappa shape index (κ3) is 2.34. The second-order valence-electron chi connectivity index (χ2n) is 8.76. The van der Waals surface area contributed by atoms with Gasteiger partial charge in [0.2, 0.25) is 0 Å². The highest BCUT2D eigenvalue weighted by molar-refractivity contribution is 5.19. The second kappa shape index (κ2) is 5.01. The minimum absolute atomic E-state index is 0.490. The Morgan fingerprint density at radius 3 is 2.62 bits per heavy atom. The van der Waals surface area contributed by atoms with Crippen LogP contribution in [0.5, 0.6) is 0 Å². The molecule has 4 fully saturated rings. The maximum absolute atomic E-state index is 6.03. The molecule has 118 valence electrons. The van der Waals surface area contributed by atoms with Crippen LogP contribution < -0.4 is 5.32 Å². The number of hydrogen-bond acceptors (Lipinski definition) is 2. The zero-order valence-electron chi connectivity index (χ0n) is 13.8. The van der Waals surface area contributed by atoms with Gasteiger partial charge in [-0.05, 0) is 80.2 Å². The number of ether oxygens (including phenoxy) is 1. The van der Waals surface area contributed by atoms with Crippen LogP contribution in [-0.2, 0) is 4.74 Å². The van der Waals surface area contributed by atoms with Gasteiger partial charge in [0.05, 0.1) is 12.6 Å². The van der Waals surface area contributed by atoms with E-state index >= 15 is 0 Å². The molecule has 3 atom stereocenters. The predicted octanol–water partition coefficient (Wildman–Crippen LogP) is 4.27. The Morgan fingerprint density at radius 1 is 1.29 bits per heavy atom. The van der Waals surface area contributed by atoms with Crippen LogP contribution >= 0.6 is 0 Å². The van der Waals surface area contributed by atoms with Crippen LogP contribution in [0, 0.1) is 22.7 Å². The Kier molecular flexibility index (Phi) is 3.37. The molecule has 0 saturated heterocycles. The van der Waals surface area contributed by atoms with Crippen molar-refractivity contribution in [2.75, 3.05) is 13.2 Å². The van der Waals surface area contributed by atoms with E-state index in [1.807, 2.05) is 0 Å². The van der Waals surface area contributed by atoms with Crippen molar-refractivity contribution in [3.8, 4) is 0 Å². The van der Waals surface area contributed by atoms with Gasteiger partial charge in [-0.1, -0.05) is 13.8 Å². The van der Waals surface area contributed by atoms with Gasteiger partial charge in [0, 0.05) is 6.42 Å². The Hall–Kier alpha value is -0.500. The smallest absolute Gasteiger partial charge is 0.110 e. The minimum atomic E-state index is 0.490. The number of hydrogen-bond donors (Lipinski definition) is 1. The second-order valence-corrected chi connectivity index (χ2v) is 8.76. The van der Waals surface area contributed by atoms with Crippen LogP contribution in [0.4, 0.5) is 0 Å². The van der Waals surface area contributed by atoms with Crippen molar-refractivity contribution in [1.82, 2.24) is 5.32 Å². The SMILES string of the molecule is CCCNC(C1=CCCO1)C12CC3CC(CC(C)(C3)C1)C2. The molecule has 4 bridgehead atoms. The molecular weight excluding hydrogens is 258 g/mol. The number of nitrogens with one attached hydrogen (secondary N) is 1. The molecule has 21 heavy (non-hydrogen) atoms. The summed E-state index contributed by atoms with van der Waals surface area (Å²) in [6, 6.07) is 0.491. The van der Waals surface area contributed by atoms with Gasteiger partial charge < -0.3 is 10.1 Å². The maximum atomic E-state index is 6.03. The van der Waals surface area contributed by atoms with Gasteiger partial charge in [0.1, 0.15) is 5.76 Å². The Balaban J connectivity index is 1.64. The first-order valence-corrected chi connectivity index (χ1v) is 9.19. The van der Waals surface area contributed by atoms with Crippen LogP contribution in [0.3, 0.4) is 0 Å². The third-order valence-corrected chi connectivity index (χ3v) is 6.63. The topological polar surface area (TPSA) is 21.3 Å². The van der Waals surface area contributed by atoms with Gasteiger partial charge >= 0.3 is 0 Å². The van der Waals surface area contributed by atoms with E-state index in [-0.39, 0.29) is 0 Å². The molecule has 1 heterocycles. The van der Waals surface area contributed by atoms with E-state index in [4.69, 9.17) is 4.74 Å². The van der Waals surface area contributed by atoms with E-state index in [1.54, 1.807) is 0 Å². The average molecular weight is 289 g/mol. The normalized spacial score (nSPS) is 45.5. The molecule has 4 saturated carbocycles. The molecule has 0 amide bonds. The van der Waals surface area contributed by atoms with E-state index in [1.165, 1.54) is 50.7 Å². The molecule has 1 N–H and O–H groups in total. The maximum Gasteiger partial charge on any atom is 0.110 e. The molecule has 5 rings (SSSR count). The van der Waals surface area contributed by atoms with Crippen LogP contribution in [0.15, 0.2) is 11.8 Å². The molecule has 0 aromatic heterocycles. The number of rotatable bonds is 5. The largest absolute Gasteiger partial charge is 0.496 e. The van der Waals surface area contributed by atoms with E-state index in [0.717, 1.165) is 31.4 Å². The van der Waals surface area contributed by atoms with Crippen molar-refractivity contribution in [1.29, 1.82) is 0 Å². The lowest BCUT2D eigenvalue weighted by atomic mass is 9.43. The molecule has 0 spiro atoms. The molecule has 4 aliphatic carbocycles. The van der Waals surface area contributed by atoms with Crippen molar-refractivity contribution < 1.29 is 4.74 Å². The summed E-state index contributed by atoms with van der Waals surface area (Å²) < 4.78 is 6.03. The van der Waals surface area contributed by atoms with Crippen molar-refractivity contribution in [2.45, 2.75) is 71.3 Å². The van der Waals surface area contributed by atoms with Crippen LogP contribution in [0.1, 0.15) is 65.2 Å². The Bertz CT molecular complexity index is 427. The summed E-state index contributed by atoms with van der Waals surface area (Å²) in [5.41, 5.74) is 1.11. The van der Waals surface area contributed by atoms with Crippen LogP contribution in [0.2, 0.25) is 0 Å². The highest BCUT2D eigenvalue weighted by atomic mass is 16.5. The van der Waals surface area contributed by atoms with Gasteiger partial charge in [0.25, 0.3) is 0 Å². The lowest BCUT2D eigenvalue weighted by molar-refractivity contribution is -0.117. The van der Waals surface area contributed by atoms with E-state index in [9.17, 15) is 0 Å². The lowest BCUT2D eigenvalue weighted by Gasteiger charge is -2.63. The average Bonchev–Trinajstić information content (AvgIpc) is 2.89. The molecule has 0 aromatic carbocycles. The summed E-state index contributed by atoms with van der Waals surface area (Å²) in [6.45, 7) is 6.87. The summed E-state index contributed by atoms with van der Waals surface area (Å²) >= 11 is 0. The van der Waals surface area contributed by atoms with Crippen molar-refractivity contribution >= 4 is 0 Å². The zero-order valence-corrected chi connectivity index (χ0v) is 13.8. The molecule has 0 radical (unpaired) electrons. The molecule has 3 unspecified atom stereocenters. The standard InChI is InChI=1S/C19H31NO/c1-3-6-20-17(16-5-4-7-21-16)19-11-14-8-15(12-19)10-18(2,9-14)13-19/h5,14-15,17,20H,3-4,6-13H2,1-2H3. The fraction of sp³-hybridized carbons (Fsp3) is 0.895. The summed E-state index contributed by atoms with van der Waals surface area (Å²) in [7, 11) is 0. The fourth-order valence-corrected chi connectivity index (χ4v) is 6.68. The van der Waals surface area contributed by atoms with E-state index in [2.05, 4.69) is 25.2 Å². The third-order valence-electron chi connectivity index (χ3n) is 6.63. The molecule has 2 nitrogen and oxygen atoms in total. The van der Waals surface area contributed by atoms with Crippen molar-refractivity contribution in [3.63, 3.8) is 0 Å². The van der Waals surface area contributed by atoms with Gasteiger partial charge in [-0.3, -0.25) is 0 Å². The first-order valence-electron chi connectivity index (χ1n) is 9.19. The van der Waals surface area contributed by atoms with E-state index in [0.29, 0.717) is 16.9 Å². The minimum Gasteiger partial charge on any atom is -0.496 e. The predicted molar refractivity (Wildman–Crippen MR) is 86.0 cm³/mol. The molecule has 1 aliphatic heterocycles. The first kappa shape index (κ1) is 14.1. The Labute approximate surface area is 129 Å². The molecule has 2 heteroatoms. The summed E-state index contributed by atoms with van der Waals surface area (Å²) in [4.78, 5) is 0. The quantitative estimate of drug-likeness (QED) is 0.816. The monoisotopic (exact) mass is 289 g/mol. The Morgan fingerprint density at radius 2 is 2.05 bits per heavy atom. The highest BCUT2D eigenvalue weighted by Gasteiger charge is 2.59. The van der Waals surface area contributed by atoms with E-state index < -0.39 is 0 Å². The fourth-order valence-electron chi connectivity index (χ4n) is 6.68. The first-order chi connectivity index (χ1) is 10.1. The van der Waals surface area contributed by atoms with Crippen LogP contribution in [-0.4, -0.2) is 19.2 Å².